The molecule has 2 heterocycles. The molecule has 1 aliphatic heterocycles. The lowest BCUT2D eigenvalue weighted by atomic mass is 10.1. The van der Waals surface area contributed by atoms with Gasteiger partial charge in [-0.2, -0.15) is 0 Å². The van der Waals surface area contributed by atoms with Gasteiger partial charge in [0.1, 0.15) is 6.10 Å². The fourth-order valence-electron chi connectivity index (χ4n) is 2.93. The number of aromatic nitrogens is 1. The summed E-state index contributed by atoms with van der Waals surface area (Å²) >= 11 is 7.81. The number of halogens is 1. The highest BCUT2D eigenvalue weighted by atomic mass is 35.5. The number of fused-ring (bicyclic) bond motifs is 1. The summed E-state index contributed by atoms with van der Waals surface area (Å²) in [7, 11) is 0. The molecule has 0 aliphatic carbocycles. The first kappa shape index (κ1) is 15.6. The highest BCUT2D eigenvalue weighted by Crippen LogP contribution is 2.29. The molecule has 1 atom stereocenters. The Morgan fingerprint density at radius 2 is 2.17 bits per heavy atom. The van der Waals surface area contributed by atoms with E-state index in [9.17, 15) is 4.79 Å². The van der Waals surface area contributed by atoms with Crippen LogP contribution in [0.1, 0.15) is 22.0 Å². The Morgan fingerprint density at radius 1 is 1.29 bits per heavy atom. The first-order valence-electron chi connectivity index (χ1n) is 7.71. The van der Waals surface area contributed by atoms with E-state index >= 15 is 0 Å². The van der Waals surface area contributed by atoms with Gasteiger partial charge in [-0.15, -0.1) is 11.3 Å². The van der Waals surface area contributed by atoms with Crippen LogP contribution in [0.25, 0.3) is 10.2 Å². The number of nitrogens with zero attached hydrogens (tertiary/aromatic N) is 2. The van der Waals surface area contributed by atoms with Crippen molar-refractivity contribution in [3.8, 4) is 0 Å². The Morgan fingerprint density at radius 3 is 3.04 bits per heavy atom. The molecule has 1 amide bonds. The summed E-state index contributed by atoms with van der Waals surface area (Å²) in [5.74, 6) is 0.0191. The molecule has 4 nitrogen and oxygen atoms in total. The van der Waals surface area contributed by atoms with Gasteiger partial charge in [0.15, 0.2) is 0 Å². The van der Waals surface area contributed by atoms with Gasteiger partial charge in [0.05, 0.1) is 28.9 Å². The SMILES string of the molecule is O=C(c1ccc2ncsc2c1)N1CCOC(c2ccccc2Cl)C1. The topological polar surface area (TPSA) is 42.4 Å². The van der Waals surface area contributed by atoms with Crippen molar-refractivity contribution in [2.45, 2.75) is 6.10 Å². The minimum Gasteiger partial charge on any atom is -0.370 e. The van der Waals surface area contributed by atoms with Crippen LogP contribution >= 0.6 is 22.9 Å². The van der Waals surface area contributed by atoms with Gasteiger partial charge < -0.3 is 9.64 Å². The number of thiazole rings is 1. The Bertz CT molecular complexity index is 895. The average molecular weight is 359 g/mol. The van der Waals surface area contributed by atoms with Crippen LogP contribution in [0.5, 0.6) is 0 Å². The van der Waals surface area contributed by atoms with Gasteiger partial charge in [-0.3, -0.25) is 4.79 Å². The zero-order chi connectivity index (χ0) is 16.5. The van der Waals surface area contributed by atoms with Gasteiger partial charge in [0, 0.05) is 22.7 Å². The number of benzene rings is 2. The van der Waals surface area contributed by atoms with Crippen molar-refractivity contribution in [3.63, 3.8) is 0 Å². The number of morpholine rings is 1. The van der Waals surface area contributed by atoms with Crippen molar-refractivity contribution in [2.24, 2.45) is 0 Å². The molecule has 4 rings (SSSR count). The lowest BCUT2D eigenvalue weighted by molar-refractivity contribution is -0.0227. The van der Waals surface area contributed by atoms with Gasteiger partial charge in [-0.05, 0) is 24.3 Å². The van der Waals surface area contributed by atoms with Gasteiger partial charge in [-0.25, -0.2) is 4.98 Å². The van der Waals surface area contributed by atoms with E-state index in [0.717, 1.165) is 15.8 Å². The number of carbonyl (C=O) groups excluding carboxylic acids is 1. The summed E-state index contributed by atoms with van der Waals surface area (Å²) < 4.78 is 6.86. The molecule has 1 aromatic heterocycles. The summed E-state index contributed by atoms with van der Waals surface area (Å²) in [5, 5.41) is 0.669. The Labute approximate surface area is 148 Å². The molecular weight excluding hydrogens is 344 g/mol. The molecule has 0 saturated carbocycles. The quantitative estimate of drug-likeness (QED) is 0.690. The first-order valence-corrected chi connectivity index (χ1v) is 8.97. The van der Waals surface area contributed by atoms with Crippen molar-refractivity contribution in [1.29, 1.82) is 0 Å². The molecule has 0 bridgehead atoms. The molecule has 1 fully saturated rings. The highest BCUT2D eigenvalue weighted by Gasteiger charge is 2.27. The number of carbonyl (C=O) groups is 1. The molecule has 6 heteroatoms. The molecule has 3 aromatic rings. The standard InChI is InChI=1S/C18H15ClN2O2S/c19-14-4-2-1-3-13(14)16-10-21(7-8-23-16)18(22)12-5-6-15-17(9-12)24-11-20-15/h1-6,9,11,16H,7-8,10H2. The third kappa shape index (κ3) is 2.90. The molecule has 1 aliphatic rings. The fourth-order valence-corrected chi connectivity index (χ4v) is 3.90. The number of ether oxygens (including phenoxy) is 1. The molecule has 1 unspecified atom stereocenters. The molecule has 1 saturated heterocycles. The Hall–Kier alpha value is -1.95. The van der Waals surface area contributed by atoms with Gasteiger partial charge in [0.2, 0.25) is 0 Å². The smallest absolute Gasteiger partial charge is 0.254 e. The van der Waals surface area contributed by atoms with Crippen LogP contribution < -0.4 is 0 Å². The zero-order valence-corrected chi connectivity index (χ0v) is 14.4. The maximum Gasteiger partial charge on any atom is 0.254 e. The second-order valence-electron chi connectivity index (χ2n) is 5.67. The van der Waals surface area contributed by atoms with Crippen LogP contribution in [0, 0.1) is 0 Å². The lowest BCUT2D eigenvalue weighted by Gasteiger charge is -2.33. The number of amides is 1. The predicted molar refractivity (Wildman–Crippen MR) is 95.7 cm³/mol. The summed E-state index contributed by atoms with van der Waals surface area (Å²) in [6.45, 7) is 1.59. The summed E-state index contributed by atoms with van der Waals surface area (Å²) in [5.41, 5.74) is 4.33. The average Bonchev–Trinajstić information content (AvgIpc) is 3.09. The van der Waals surface area contributed by atoms with Crippen molar-refractivity contribution >= 4 is 39.1 Å². The molecule has 2 aromatic carbocycles. The highest BCUT2D eigenvalue weighted by molar-refractivity contribution is 7.16. The molecule has 122 valence electrons. The lowest BCUT2D eigenvalue weighted by Crippen LogP contribution is -2.42. The zero-order valence-electron chi connectivity index (χ0n) is 12.8. The van der Waals surface area contributed by atoms with Crippen LogP contribution in [-0.2, 0) is 4.74 Å². The van der Waals surface area contributed by atoms with Crippen molar-refractivity contribution in [1.82, 2.24) is 9.88 Å². The molecule has 0 N–H and O–H groups in total. The predicted octanol–water partition coefficient (Wildman–Crippen LogP) is 4.16. The Balaban J connectivity index is 1.57. The van der Waals surface area contributed by atoms with Crippen LogP contribution in [0.2, 0.25) is 5.02 Å². The molecule has 0 spiro atoms. The monoisotopic (exact) mass is 358 g/mol. The van der Waals surface area contributed by atoms with E-state index in [0.29, 0.717) is 30.3 Å². The third-order valence-electron chi connectivity index (χ3n) is 4.18. The van der Waals surface area contributed by atoms with E-state index in [4.69, 9.17) is 16.3 Å². The van der Waals surface area contributed by atoms with E-state index in [1.54, 1.807) is 16.8 Å². The van der Waals surface area contributed by atoms with Crippen LogP contribution in [0.15, 0.2) is 48.0 Å². The molecule has 0 radical (unpaired) electrons. The van der Waals surface area contributed by atoms with Crippen molar-refractivity contribution in [3.05, 3.63) is 64.1 Å². The second-order valence-corrected chi connectivity index (χ2v) is 6.96. The first-order chi connectivity index (χ1) is 11.7. The van der Waals surface area contributed by atoms with Gasteiger partial charge in [0.25, 0.3) is 5.91 Å². The van der Waals surface area contributed by atoms with E-state index in [2.05, 4.69) is 4.98 Å². The third-order valence-corrected chi connectivity index (χ3v) is 5.32. The molecule has 24 heavy (non-hydrogen) atoms. The van der Waals surface area contributed by atoms with E-state index < -0.39 is 0 Å². The summed E-state index contributed by atoms with van der Waals surface area (Å²) in [4.78, 5) is 18.9. The largest absolute Gasteiger partial charge is 0.370 e. The van der Waals surface area contributed by atoms with E-state index in [1.807, 2.05) is 47.4 Å². The number of rotatable bonds is 2. The number of hydrogen-bond acceptors (Lipinski definition) is 4. The second kappa shape index (κ2) is 6.51. The van der Waals surface area contributed by atoms with Crippen LogP contribution in [0.3, 0.4) is 0 Å². The maximum absolute atomic E-state index is 12.8. The Kier molecular flexibility index (Phi) is 4.22. The van der Waals surface area contributed by atoms with Crippen LogP contribution in [-0.4, -0.2) is 35.5 Å². The molecular formula is C18H15ClN2O2S. The summed E-state index contributed by atoms with van der Waals surface area (Å²) in [6.07, 6.45) is -0.191. The fraction of sp³-hybridized carbons (Fsp3) is 0.222. The van der Waals surface area contributed by atoms with Gasteiger partial charge >= 0.3 is 0 Å². The van der Waals surface area contributed by atoms with E-state index in [1.165, 1.54) is 0 Å². The minimum atomic E-state index is -0.191. The normalized spacial score (nSPS) is 18.0. The van der Waals surface area contributed by atoms with Crippen molar-refractivity contribution < 1.29 is 9.53 Å². The maximum atomic E-state index is 12.8. The minimum absolute atomic E-state index is 0.0191. The number of hydrogen-bond donors (Lipinski definition) is 0. The van der Waals surface area contributed by atoms with Crippen LogP contribution in [0.4, 0.5) is 0 Å². The van der Waals surface area contributed by atoms with Gasteiger partial charge in [-0.1, -0.05) is 29.8 Å². The summed E-state index contributed by atoms with van der Waals surface area (Å²) in [6, 6.07) is 13.3. The van der Waals surface area contributed by atoms with E-state index in [-0.39, 0.29) is 12.0 Å². The van der Waals surface area contributed by atoms with Crippen molar-refractivity contribution in [2.75, 3.05) is 19.7 Å².